The number of hydrogen-bond acceptors (Lipinski definition) is 5. The van der Waals surface area contributed by atoms with E-state index < -0.39 is 0 Å². The van der Waals surface area contributed by atoms with Crippen molar-refractivity contribution in [3.05, 3.63) is 11.2 Å². The van der Waals surface area contributed by atoms with Crippen molar-refractivity contribution >= 4 is 23.4 Å². The quantitative estimate of drug-likeness (QED) is 0.709. The lowest BCUT2D eigenvalue weighted by molar-refractivity contribution is 0.244. The van der Waals surface area contributed by atoms with Gasteiger partial charge in [0.05, 0.1) is 6.20 Å². The molecule has 0 amide bonds. The van der Waals surface area contributed by atoms with Gasteiger partial charge in [0.25, 0.3) is 0 Å². The first-order chi connectivity index (χ1) is 7.67. The molecule has 3 N–H and O–H groups in total. The average Bonchev–Trinajstić information content (AvgIpc) is 2.29. The van der Waals surface area contributed by atoms with Crippen molar-refractivity contribution in [3.63, 3.8) is 0 Å². The molecule has 16 heavy (non-hydrogen) atoms. The fourth-order valence-corrected chi connectivity index (χ4v) is 1.23. The molecule has 1 heterocycles. The van der Waals surface area contributed by atoms with Gasteiger partial charge in [-0.1, -0.05) is 18.5 Å². The number of hydrogen-bond donors (Lipinski definition) is 3. The van der Waals surface area contributed by atoms with Gasteiger partial charge in [0.2, 0.25) is 5.95 Å². The van der Waals surface area contributed by atoms with E-state index in [2.05, 4.69) is 20.6 Å². The molecule has 0 fully saturated rings. The van der Waals surface area contributed by atoms with Gasteiger partial charge in [0, 0.05) is 19.7 Å². The van der Waals surface area contributed by atoms with Gasteiger partial charge in [-0.05, 0) is 12.8 Å². The van der Waals surface area contributed by atoms with E-state index in [0.29, 0.717) is 23.3 Å². The Hall–Kier alpha value is -1.07. The van der Waals surface area contributed by atoms with Crippen LogP contribution in [0.2, 0.25) is 5.02 Å². The van der Waals surface area contributed by atoms with Gasteiger partial charge < -0.3 is 15.7 Å². The molecule has 0 saturated carbocycles. The highest BCUT2D eigenvalue weighted by Gasteiger charge is 2.06. The molecule has 1 aromatic heterocycles. The molecule has 90 valence electrons. The zero-order valence-electron chi connectivity index (χ0n) is 9.50. The Morgan fingerprint density at radius 2 is 2.25 bits per heavy atom. The van der Waals surface area contributed by atoms with Crippen LogP contribution in [0.4, 0.5) is 11.8 Å². The molecule has 0 aromatic carbocycles. The van der Waals surface area contributed by atoms with Crippen LogP contribution in [0, 0.1) is 5.92 Å². The van der Waals surface area contributed by atoms with Crippen molar-refractivity contribution in [2.24, 2.45) is 5.92 Å². The van der Waals surface area contributed by atoms with E-state index in [-0.39, 0.29) is 12.5 Å². The Balaban J connectivity index is 2.66. The number of aliphatic hydroxyl groups excluding tert-OH is 1. The van der Waals surface area contributed by atoms with Crippen molar-refractivity contribution in [2.75, 3.05) is 30.3 Å². The highest BCUT2D eigenvalue weighted by molar-refractivity contribution is 6.32. The molecule has 0 aliphatic carbocycles. The zero-order chi connectivity index (χ0) is 12.0. The van der Waals surface area contributed by atoms with Gasteiger partial charge in [-0.25, -0.2) is 4.98 Å². The lowest BCUT2D eigenvalue weighted by Gasteiger charge is -2.12. The predicted molar refractivity (Wildman–Crippen MR) is 65.9 cm³/mol. The summed E-state index contributed by atoms with van der Waals surface area (Å²) in [6.07, 6.45) is 1.55. The number of nitrogens with one attached hydrogen (secondary N) is 2. The van der Waals surface area contributed by atoms with Gasteiger partial charge in [-0.3, -0.25) is 0 Å². The largest absolute Gasteiger partial charge is 0.396 e. The second-order valence-corrected chi connectivity index (χ2v) is 4.00. The van der Waals surface area contributed by atoms with Crippen LogP contribution in [-0.2, 0) is 0 Å². The molecular weight excluding hydrogens is 228 g/mol. The van der Waals surface area contributed by atoms with E-state index in [9.17, 15) is 0 Å². The minimum atomic E-state index is 0.135. The normalized spacial score (nSPS) is 12.2. The Labute approximate surface area is 100 Å². The van der Waals surface area contributed by atoms with Crippen molar-refractivity contribution < 1.29 is 5.11 Å². The molecule has 1 unspecified atom stereocenters. The second kappa shape index (κ2) is 6.50. The third kappa shape index (κ3) is 3.83. The molecular formula is C10H17ClN4O. The van der Waals surface area contributed by atoms with Crippen molar-refractivity contribution in [3.8, 4) is 0 Å². The Morgan fingerprint density at radius 1 is 1.50 bits per heavy atom. The van der Waals surface area contributed by atoms with Gasteiger partial charge in [-0.15, -0.1) is 0 Å². The van der Waals surface area contributed by atoms with Gasteiger partial charge in [-0.2, -0.15) is 4.98 Å². The first-order valence-corrected chi connectivity index (χ1v) is 5.66. The summed E-state index contributed by atoms with van der Waals surface area (Å²) in [5.41, 5.74) is 0. The fourth-order valence-electron chi connectivity index (χ4n) is 1.07. The van der Waals surface area contributed by atoms with Crippen molar-refractivity contribution in [2.45, 2.75) is 13.8 Å². The Kier molecular flexibility index (Phi) is 5.28. The first-order valence-electron chi connectivity index (χ1n) is 5.28. The SMILES string of the molecule is CCNc1ncc(Cl)c(NCC(C)CO)n1. The van der Waals surface area contributed by atoms with Crippen LogP contribution >= 0.6 is 11.6 Å². The Morgan fingerprint density at radius 3 is 2.88 bits per heavy atom. The van der Waals surface area contributed by atoms with Crippen LogP contribution in [-0.4, -0.2) is 34.8 Å². The summed E-state index contributed by atoms with van der Waals surface area (Å²) in [7, 11) is 0. The summed E-state index contributed by atoms with van der Waals surface area (Å²) >= 11 is 5.95. The highest BCUT2D eigenvalue weighted by atomic mass is 35.5. The zero-order valence-corrected chi connectivity index (χ0v) is 10.3. The molecule has 6 heteroatoms. The third-order valence-electron chi connectivity index (χ3n) is 2.01. The topological polar surface area (TPSA) is 70.1 Å². The predicted octanol–water partition coefficient (Wildman–Crippen LogP) is 1.60. The molecule has 0 bridgehead atoms. The number of nitrogens with zero attached hydrogens (tertiary/aromatic N) is 2. The molecule has 0 radical (unpaired) electrons. The summed E-state index contributed by atoms with van der Waals surface area (Å²) in [5.74, 6) is 1.30. The number of anilines is 2. The maximum atomic E-state index is 8.90. The van der Waals surface area contributed by atoms with Crippen LogP contribution in [0.1, 0.15) is 13.8 Å². The number of halogens is 1. The molecule has 0 spiro atoms. The maximum Gasteiger partial charge on any atom is 0.224 e. The molecule has 5 nitrogen and oxygen atoms in total. The smallest absolute Gasteiger partial charge is 0.224 e. The Bertz CT molecular complexity index is 335. The molecule has 1 rings (SSSR count). The van der Waals surface area contributed by atoms with Gasteiger partial charge >= 0.3 is 0 Å². The lowest BCUT2D eigenvalue weighted by atomic mass is 10.2. The highest BCUT2D eigenvalue weighted by Crippen LogP contribution is 2.19. The summed E-state index contributed by atoms with van der Waals surface area (Å²) < 4.78 is 0. The van der Waals surface area contributed by atoms with Crippen LogP contribution < -0.4 is 10.6 Å². The van der Waals surface area contributed by atoms with E-state index >= 15 is 0 Å². The third-order valence-corrected chi connectivity index (χ3v) is 2.29. The van der Waals surface area contributed by atoms with Crippen molar-refractivity contribution in [1.29, 1.82) is 0 Å². The summed E-state index contributed by atoms with van der Waals surface area (Å²) in [4.78, 5) is 8.25. The number of rotatable bonds is 6. The number of aliphatic hydroxyl groups is 1. The molecule has 0 aliphatic rings. The van der Waals surface area contributed by atoms with Gasteiger partial charge in [0.1, 0.15) is 10.8 Å². The van der Waals surface area contributed by atoms with Gasteiger partial charge in [0.15, 0.2) is 0 Å². The van der Waals surface area contributed by atoms with E-state index in [4.69, 9.17) is 16.7 Å². The maximum absolute atomic E-state index is 8.90. The fraction of sp³-hybridized carbons (Fsp3) is 0.600. The standard InChI is InChI=1S/C10H17ClN4O/c1-3-12-10-14-5-8(11)9(15-10)13-4-7(2)6-16/h5,7,16H,3-4,6H2,1-2H3,(H2,12,13,14,15). The van der Waals surface area contributed by atoms with E-state index in [0.717, 1.165) is 6.54 Å². The second-order valence-electron chi connectivity index (χ2n) is 3.59. The molecule has 1 aromatic rings. The lowest BCUT2D eigenvalue weighted by Crippen LogP contribution is -2.16. The summed E-state index contributed by atoms with van der Waals surface area (Å²) in [6, 6.07) is 0. The van der Waals surface area contributed by atoms with Crippen LogP contribution in [0.25, 0.3) is 0 Å². The van der Waals surface area contributed by atoms with Crippen LogP contribution in [0.5, 0.6) is 0 Å². The summed E-state index contributed by atoms with van der Waals surface area (Å²) in [6.45, 7) is 5.43. The van der Waals surface area contributed by atoms with E-state index in [1.54, 1.807) is 6.20 Å². The van der Waals surface area contributed by atoms with Crippen LogP contribution in [0.3, 0.4) is 0 Å². The molecule has 0 aliphatic heterocycles. The van der Waals surface area contributed by atoms with E-state index in [1.165, 1.54) is 0 Å². The van der Waals surface area contributed by atoms with Crippen molar-refractivity contribution in [1.82, 2.24) is 9.97 Å². The minimum absolute atomic E-state index is 0.135. The first kappa shape index (κ1) is 13.0. The summed E-state index contributed by atoms with van der Waals surface area (Å²) in [5, 5.41) is 15.5. The average molecular weight is 245 g/mol. The number of aromatic nitrogens is 2. The van der Waals surface area contributed by atoms with Crippen LogP contribution in [0.15, 0.2) is 6.20 Å². The van der Waals surface area contributed by atoms with E-state index in [1.807, 2.05) is 13.8 Å². The monoisotopic (exact) mass is 244 g/mol. The minimum Gasteiger partial charge on any atom is -0.396 e. The molecule has 0 saturated heterocycles. The molecule has 1 atom stereocenters.